The SMILES string of the molecule is COc1cccc(-c2noc(CSc3nnnn3C)n2)c1. The van der Waals surface area contributed by atoms with E-state index in [1.165, 1.54) is 11.8 Å². The maximum absolute atomic E-state index is 5.23. The molecule has 0 saturated carbocycles. The van der Waals surface area contributed by atoms with Crippen LogP contribution in [0.25, 0.3) is 11.4 Å². The first-order valence-corrected chi connectivity index (χ1v) is 7.07. The van der Waals surface area contributed by atoms with Gasteiger partial charge in [0.15, 0.2) is 0 Å². The molecule has 21 heavy (non-hydrogen) atoms. The number of hydrogen-bond donors (Lipinski definition) is 0. The van der Waals surface area contributed by atoms with E-state index in [2.05, 4.69) is 25.7 Å². The van der Waals surface area contributed by atoms with Crippen LogP contribution in [-0.2, 0) is 12.8 Å². The van der Waals surface area contributed by atoms with Gasteiger partial charge in [0, 0.05) is 12.6 Å². The maximum atomic E-state index is 5.23. The minimum absolute atomic E-state index is 0.505. The Morgan fingerprint density at radius 1 is 1.38 bits per heavy atom. The van der Waals surface area contributed by atoms with Gasteiger partial charge in [-0.25, -0.2) is 4.68 Å². The fourth-order valence-corrected chi connectivity index (χ4v) is 2.35. The molecule has 108 valence electrons. The number of aromatic nitrogens is 6. The average molecular weight is 304 g/mol. The Morgan fingerprint density at radius 3 is 3.05 bits per heavy atom. The Labute approximate surface area is 124 Å². The van der Waals surface area contributed by atoms with Crippen LogP contribution in [0.2, 0.25) is 0 Å². The number of nitrogens with zero attached hydrogens (tertiary/aromatic N) is 6. The normalized spacial score (nSPS) is 10.8. The second-order valence-corrected chi connectivity index (χ2v) is 5.06. The molecule has 0 bridgehead atoms. The summed E-state index contributed by atoms with van der Waals surface area (Å²) in [7, 11) is 3.39. The highest BCUT2D eigenvalue weighted by Crippen LogP contribution is 2.23. The van der Waals surface area contributed by atoms with Gasteiger partial charge in [-0.05, 0) is 22.6 Å². The monoisotopic (exact) mass is 304 g/mol. The van der Waals surface area contributed by atoms with Crippen LogP contribution < -0.4 is 4.74 Å². The Bertz CT molecular complexity index is 741. The number of benzene rings is 1. The molecule has 2 heterocycles. The third-order valence-electron chi connectivity index (χ3n) is 2.70. The van der Waals surface area contributed by atoms with Crippen molar-refractivity contribution in [3.63, 3.8) is 0 Å². The van der Waals surface area contributed by atoms with Crippen molar-refractivity contribution in [2.45, 2.75) is 10.9 Å². The molecule has 0 atom stereocenters. The van der Waals surface area contributed by atoms with E-state index in [1.807, 2.05) is 24.3 Å². The van der Waals surface area contributed by atoms with Gasteiger partial charge >= 0.3 is 0 Å². The van der Waals surface area contributed by atoms with Crippen molar-refractivity contribution in [1.29, 1.82) is 0 Å². The molecular formula is C12H12N6O2S. The van der Waals surface area contributed by atoms with Gasteiger partial charge in [0.05, 0.1) is 12.9 Å². The molecule has 0 N–H and O–H groups in total. The predicted molar refractivity (Wildman–Crippen MR) is 74.6 cm³/mol. The van der Waals surface area contributed by atoms with Crippen LogP contribution in [0.5, 0.6) is 5.75 Å². The second-order valence-electron chi connectivity index (χ2n) is 4.12. The first-order valence-electron chi connectivity index (χ1n) is 6.08. The quantitative estimate of drug-likeness (QED) is 0.656. The van der Waals surface area contributed by atoms with Gasteiger partial charge < -0.3 is 9.26 Å². The standard InChI is InChI=1S/C12H12N6O2S/c1-18-12(14-16-17-18)21-7-10-13-11(15-20-10)8-4-3-5-9(6-8)19-2/h3-6H,7H2,1-2H3. The van der Waals surface area contributed by atoms with Gasteiger partial charge in [-0.15, -0.1) is 5.10 Å². The van der Waals surface area contributed by atoms with Crippen molar-refractivity contribution in [3.05, 3.63) is 30.2 Å². The summed E-state index contributed by atoms with van der Waals surface area (Å²) in [5.41, 5.74) is 0.842. The lowest BCUT2D eigenvalue weighted by molar-refractivity contribution is 0.391. The average Bonchev–Trinajstić information content (AvgIpc) is 3.14. The molecule has 0 fully saturated rings. The predicted octanol–water partition coefficient (Wildman–Crippen LogP) is 1.56. The van der Waals surface area contributed by atoms with E-state index in [4.69, 9.17) is 9.26 Å². The van der Waals surface area contributed by atoms with Crippen LogP contribution in [0.4, 0.5) is 0 Å². The van der Waals surface area contributed by atoms with Crippen LogP contribution in [0.15, 0.2) is 33.9 Å². The number of thioether (sulfide) groups is 1. The van der Waals surface area contributed by atoms with Crippen LogP contribution >= 0.6 is 11.8 Å². The summed E-state index contributed by atoms with van der Waals surface area (Å²) in [6, 6.07) is 7.50. The smallest absolute Gasteiger partial charge is 0.237 e. The molecule has 0 radical (unpaired) electrons. The summed E-state index contributed by atoms with van der Waals surface area (Å²) in [4.78, 5) is 4.35. The molecule has 0 aliphatic heterocycles. The number of rotatable bonds is 5. The first-order chi connectivity index (χ1) is 10.3. The summed E-state index contributed by atoms with van der Waals surface area (Å²) in [5, 5.41) is 15.9. The van der Waals surface area contributed by atoms with E-state index >= 15 is 0 Å². The van der Waals surface area contributed by atoms with Crippen molar-refractivity contribution < 1.29 is 9.26 Å². The van der Waals surface area contributed by atoms with Gasteiger partial charge in [0.1, 0.15) is 5.75 Å². The molecule has 0 spiro atoms. The fraction of sp³-hybridized carbons (Fsp3) is 0.250. The molecule has 3 rings (SSSR count). The van der Waals surface area contributed by atoms with E-state index < -0.39 is 0 Å². The van der Waals surface area contributed by atoms with Gasteiger partial charge in [0.25, 0.3) is 0 Å². The summed E-state index contributed by atoms with van der Waals surface area (Å²) in [6.45, 7) is 0. The van der Waals surface area contributed by atoms with Crippen molar-refractivity contribution >= 4 is 11.8 Å². The van der Waals surface area contributed by atoms with Crippen LogP contribution in [0.1, 0.15) is 5.89 Å². The van der Waals surface area contributed by atoms with E-state index in [1.54, 1.807) is 18.8 Å². The highest BCUT2D eigenvalue weighted by molar-refractivity contribution is 7.98. The fourth-order valence-electron chi connectivity index (χ4n) is 1.66. The minimum Gasteiger partial charge on any atom is -0.497 e. The number of ether oxygens (including phenoxy) is 1. The molecule has 8 nitrogen and oxygen atoms in total. The summed E-state index contributed by atoms with van der Waals surface area (Å²) >= 11 is 1.43. The molecule has 0 aliphatic rings. The van der Waals surface area contributed by atoms with Crippen LogP contribution in [0, 0.1) is 0 Å². The Morgan fingerprint density at radius 2 is 2.29 bits per heavy atom. The van der Waals surface area contributed by atoms with Gasteiger partial charge in [-0.3, -0.25) is 0 Å². The lowest BCUT2D eigenvalue weighted by atomic mass is 10.2. The molecule has 9 heteroatoms. The van der Waals surface area contributed by atoms with Crippen molar-refractivity contribution in [2.24, 2.45) is 7.05 Å². The van der Waals surface area contributed by atoms with Gasteiger partial charge in [0.2, 0.25) is 16.9 Å². The van der Waals surface area contributed by atoms with Gasteiger partial charge in [-0.1, -0.05) is 29.1 Å². The second kappa shape index (κ2) is 5.92. The number of tetrazole rings is 1. The molecular weight excluding hydrogens is 292 g/mol. The lowest BCUT2D eigenvalue weighted by Gasteiger charge is -1.99. The highest BCUT2D eigenvalue weighted by atomic mass is 32.2. The molecule has 3 aromatic rings. The lowest BCUT2D eigenvalue weighted by Crippen LogP contribution is -1.93. The van der Waals surface area contributed by atoms with E-state index in [0.717, 1.165) is 11.3 Å². The van der Waals surface area contributed by atoms with Crippen molar-refractivity contribution in [3.8, 4) is 17.1 Å². The van der Waals surface area contributed by atoms with Crippen molar-refractivity contribution in [2.75, 3.05) is 7.11 Å². The number of hydrogen-bond acceptors (Lipinski definition) is 8. The molecule has 0 amide bonds. The van der Waals surface area contributed by atoms with E-state index in [0.29, 0.717) is 22.6 Å². The minimum atomic E-state index is 0.505. The third-order valence-corrected chi connectivity index (χ3v) is 3.70. The largest absolute Gasteiger partial charge is 0.497 e. The maximum Gasteiger partial charge on any atom is 0.237 e. The Balaban J connectivity index is 1.72. The Kier molecular flexibility index (Phi) is 3.82. The van der Waals surface area contributed by atoms with Crippen LogP contribution in [0.3, 0.4) is 0 Å². The Hall–Kier alpha value is -2.42. The topological polar surface area (TPSA) is 91.8 Å². The zero-order valence-electron chi connectivity index (χ0n) is 11.4. The van der Waals surface area contributed by atoms with Gasteiger partial charge in [-0.2, -0.15) is 4.98 Å². The molecule has 0 aliphatic carbocycles. The molecule has 2 aromatic heterocycles. The first kappa shape index (κ1) is 13.6. The van der Waals surface area contributed by atoms with Crippen LogP contribution in [-0.4, -0.2) is 37.5 Å². The molecule has 0 unspecified atom stereocenters. The summed E-state index contributed by atoms with van der Waals surface area (Å²) < 4.78 is 12.0. The van der Waals surface area contributed by atoms with E-state index in [-0.39, 0.29) is 0 Å². The van der Waals surface area contributed by atoms with E-state index in [9.17, 15) is 0 Å². The molecule has 0 saturated heterocycles. The third kappa shape index (κ3) is 3.02. The number of aryl methyl sites for hydroxylation is 1. The zero-order chi connectivity index (χ0) is 14.7. The zero-order valence-corrected chi connectivity index (χ0v) is 12.2. The highest BCUT2D eigenvalue weighted by Gasteiger charge is 2.11. The summed E-state index contributed by atoms with van der Waals surface area (Å²) in [5.74, 6) is 2.30. The molecule has 1 aromatic carbocycles. The summed E-state index contributed by atoms with van der Waals surface area (Å²) in [6.07, 6.45) is 0. The van der Waals surface area contributed by atoms with Crippen molar-refractivity contribution in [1.82, 2.24) is 30.3 Å². The number of methoxy groups -OCH3 is 1.